The van der Waals surface area contributed by atoms with Crippen molar-refractivity contribution in [1.29, 1.82) is 0 Å². The molecule has 0 fully saturated rings. The highest BCUT2D eigenvalue weighted by Gasteiger charge is 2.10. The molecule has 0 aliphatic heterocycles. The third-order valence-corrected chi connectivity index (χ3v) is 4.49. The van der Waals surface area contributed by atoms with E-state index in [1.165, 1.54) is 16.0 Å². The molecule has 0 spiro atoms. The zero-order valence-corrected chi connectivity index (χ0v) is 12.8. The average Bonchev–Trinajstić information content (AvgIpc) is 2.86. The molecule has 2 rings (SSSR count). The van der Waals surface area contributed by atoms with Crippen molar-refractivity contribution < 1.29 is 0 Å². The van der Waals surface area contributed by atoms with Crippen LogP contribution in [0.4, 0.5) is 0 Å². The van der Waals surface area contributed by atoms with E-state index in [0.29, 0.717) is 6.04 Å². The summed E-state index contributed by atoms with van der Waals surface area (Å²) in [6.45, 7) is 7.40. The molecule has 1 aromatic heterocycles. The summed E-state index contributed by atoms with van der Waals surface area (Å²) in [5.74, 6) is 0. The molecule has 1 heterocycles. The Bertz CT molecular complexity index is 502. The Morgan fingerprint density at radius 2 is 1.95 bits per heavy atom. The van der Waals surface area contributed by atoms with E-state index >= 15 is 0 Å². The molecule has 0 aliphatic carbocycles. The van der Waals surface area contributed by atoms with Crippen LogP contribution in [0.3, 0.4) is 0 Å². The van der Waals surface area contributed by atoms with E-state index in [1.54, 1.807) is 11.3 Å². The highest BCUT2D eigenvalue weighted by atomic mass is 32.1. The molecule has 1 unspecified atom stereocenters. The van der Waals surface area contributed by atoms with E-state index in [-0.39, 0.29) is 0 Å². The number of rotatable bonds is 6. The number of nitrogens with one attached hydrogen (secondary N) is 1. The maximum atomic E-state index is 4.29. The molecular weight excluding hydrogens is 252 g/mol. The molecule has 0 aliphatic rings. The van der Waals surface area contributed by atoms with Gasteiger partial charge in [0.05, 0.1) is 11.2 Å². The molecule has 2 aromatic rings. The number of benzene rings is 1. The summed E-state index contributed by atoms with van der Waals surface area (Å²) in [5.41, 5.74) is 5.84. The van der Waals surface area contributed by atoms with Gasteiger partial charge >= 0.3 is 0 Å². The van der Waals surface area contributed by atoms with E-state index < -0.39 is 0 Å². The molecule has 19 heavy (non-hydrogen) atoms. The fraction of sp³-hybridized carbons (Fsp3) is 0.438. The number of hydrogen-bond acceptors (Lipinski definition) is 3. The van der Waals surface area contributed by atoms with Gasteiger partial charge in [0.2, 0.25) is 0 Å². The van der Waals surface area contributed by atoms with Gasteiger partial charge in [0.15, 0.2) is 0 Å². The van der Waals surface area contributed by atoms with Gasteiger partial charge in [-0.1, -0.05) is 38.1 Å². The van der Waals surface area contributed by atoms with Crippen molar-refractivity contribution in [1.82, 2.24) is 10.3 Å². The summed E-state index contributed by atoms with van der Waals surface area (Å²) in [7, 11) is 0. The monoisotopic (exact) mass is 274 g/mol. The van der Waals surface area contributed by atoms with E-state index in [4.69, 9.17) is 0 Å². The van der Waals surface area contributed by atoms with Crippen LogP contribution in [-0.2, 0) is 13.0 Å². The predicted molar refractivity (Wildman–Crippen MR) is 82.5 cm³/mol. The van der Waals surface area contributed by atoms with Crippen molar-refractivity contribution >= 4 is 11.3 Å². The Morgan fingerprint density at radius 3 is 2.47 bits per heavy atom. The first-order valence-corrected chi connectivity index (χ1v) is 7.83. The van der Waals surface area contributed by atoms with Crippen LogP contribution in [0.5, 0.6) is 0 Å². The first kappa shape index (κ1) is 14.2. The van der Waals surface area contributed by atoms with Crippen LogP contribution in [0, 0.1) is 6.92 Å². The van der Waals surface area contributed by atoms with Crippen molar-refractivity contribution in [3.63, 3.8) is 0 Å². The molecule has 1 N–H and O–H groups in total. The van der Waals surface area contributed by atoms with Gasteiger partial charge in [-0.2, -0.15) is 0 Å². The second kappa shape index (κ2) is 6.83. The van der Waals surface area contributed by atoms with Crippen molar-refractivity contribution in [2.75, 3.05) is 0 Å². The lowest BCUT2D eigenvalue weighted by Crippen LogP contribution is -2.20. The molecule has 3 heteroatoms. The molecule has 0 radical (unpaired) electrons. The Labute approximate surface area is 119 Å². The average molecular weight is 274 g/mol. The topological polar surface area (TPSA) is 24.9 Å². The van der Waals surface area contributed by atoms with Gasteiger partial charge in [0, 0.05) is 17.5 Å². The number of hydrogen-bond donors (Lipinski definition) is 1. The Balaban J connectivity index is 2.01. The minimum atomic E-state index is 0.424. The summed E-state index contributed by atoms with van der Waals surface area (Å²) < 4.78 is 0. The first-order valence-electron chi connectivity index (χ1n) is 6.95. The van der Waals surface area contributed by atoms with Crippen LogP contribution in [0.25, 0.3) is 0 Å². The molecule has 1 aromatic carbocycles. The second-order valence-corrected chi connectivity index (χ2v) is 5.74. The summed E-state index contributed by atoms with van der Waals surface area (Å²) in [6.07, 6.45) is 2.20. The molecule has 0 saturated heterocycles. The van der Waals surface area contributed by atoms with Gasteiger partial charge in [-0.05, 0) is 30.9 Å². The minimum Gasteiger partial charge on any atom is -0.305 e. The first-order chi connectivity index (χ1) is 9.24. The quantitative estimate of drug-likeness (QED) is 0.851. The molecule has 1 atom stereocenters. The summed E-state index contributed by atoms with van der Waals surface area (Å²) in [5, 5.41) is 3.64. The van der Waals surface area contributed by atoms with Crippen molar-refractivity contribution in [2.24, 2.45) is 0 Å². The molecule has 2 nitrogen and oxygen atoms in total. The maximum absolute atomic E-state index is 4.29. The lowest BCUT2D eigenvalue weighted by atomic mass is 10.0. The highest BCUT2D eigenvalue weighted by molar-refractivity contribution is 7.09. The Kier molecular flexibility index (Phi) is 5.11. The number of aryl methyl sites for hydroxylation is 2. The summed E-state index contributed by atoms with van der Waals surface area (Å²) in [6, 6.07) is 9.39. The van der Waals surface area contributed by atoms with Gasteiger partial charge in [0.25, 0.3) is 0 Å². The van der Waals surface area contributed by atoms with Crippen LogP contribution in [-0.4, -0.2) is 4.98 Å². The lowest BCUT2D eigenvalue weighted by molar-refractivity contribution is 0.520. The smallest absolute Gasteiger partial charge is 0.0798 e. The Morgan fingerprint density at radius 1 is 1.21 bits per heavy atom. The van der Waals surface area contributed by atoms with Crippen LogP contribution in [0.2, 0.25) is 0 Å². The zero-order chi connectivity index (χ0) is 13.7. The van der Waals surface area contributed by atoms with Gasteiger partial charge < -0.3 is 5.32 Å². The number of aromatic nitrogens is 1. The normalized spacial score (nSPS) is 12.6. The van der Waals surface area contributed by atoms with Crippen molar-refractivity contribution in [2.45, 2.75) is 46.2 Å². The fourth-order valence-electron chi connectivity index (χ4n) is 2.20. The molecule has 102 valence electrons. The van der Waals surface area contributed by atoms with Gasteiger partial charge in [-0.15, -0.1) is 11.3 Å². The van der Waals surface area contributed by atoms with E-state index in [0.717, 1.165) is 25.1 Å². The fourth-order valence-corrected chi connectivity index (χ4v) is 2.92. The van der Waals surface area contributed by atoms with Gasteiger partial charge in [0.1, 0.15) is 0 Å². The van der Waals surface area contributed by atoms with E-state index in [9.17, 15) is 0 Å². The van der Waals surface area contributed by atoms with Gasteiger partial charge in [-0.25, -0.2) is 4.98 Å². The molecule has 0 amide bonds. The number of thiazole rings is 1. The van der Waals surface area contributed by atoms with Crippen LogP contribution in [0.1, 0.15) is 48.0 Å². The summed E-state index contributed by atoms with van der Waals surface area (Å²) in [4.78, 5) is 5.63. The van der Waals surface area contributed by atoms with Crippen molar-refractivity contribution in [3.8, 4) is 0 Å². The van der Waals surface area contributed by atoms with Crippen LogP contribution >= 0.6 is 11.3 Å². The number of nitrogens with zero attached hydrogens (tertiary/aromatic N) is 1. The lowest BCUT2D eigenvalue weighted by Gasteiger charge is -2.17. The third-order valence-electron chi connectivity index (χ3n) is 3.55. The Hall–Kier alpha value is -1.19. The second-order valence-electron chi connectivity index (χ2n) is 4.80. The van der Waals surface area contributed by atoms with E-state index in [2.05, 4.69) is 55.3 Å². The van der Waals surface area contributed by atoms with Crippen molar-refractivity contribution in [3.05, 3.63) is 51.5 Å². The third kappa shape index (κ3) is 3.64. The van der Waals surface area contributed by atoms with Gasteiger partial charge in [-0.3, -0.25) is 0 Å². The van der Waals surface area contributed by atoms with Crippen LogP contribution in [0.15, 0.2) is 29.8 Å². The predicted octanol–water partition coefficient (Wildman–Crippen LogP) is 4.25. The highest BCUT2D eigenvalue weighted by Crippen LogP contribution is 2.20. The molecule has 0 saturated carbocycles. The summed E-state index contributed by atoms with van der Waals surface area (Å²) >= 11 is 1.73. The molecule has 0 bridgehead atoms. The SMILES string of the molecule is CCc1ccc(C(CC)NCc2scnc2C)cc1. The maximum Gasteiger partial charge on any atom is 0.0798 e. The standard InChI is InChI=1S/C16H22N2S/c1-4-13-6-8-14(9-7-13)15(5-2)17-10-16-12(3)18-11-19-16/h6-9,11,15,17H,4-5,10H2,1-3H3. The molecular formula is C16H22N2S. The zero-order valence-electron chi connectivity index (χ0n) is 11.9. The van der Waals surface area contributed by atoms with E-state index in [1.807, 2.05) is 5.51 Å². The van der Waals surface area contributed by atoms with Crippen LogP contribution < -0.4 is 5.32 Å². The largest absolute Gasteiger partial charge is 0.305 e. The minimum absolute atomic E-state index is 0.424.